The summed E-state index contributed by atoms with van der Waals surface area (Å²) in [6.07, 6.45) is 0. The minimum Gasteiger partial charge on any atom is -0.408 e. The molecule has 1 N–H and O–H groups in total. The lowest BCUT2D eigenvalue weighted by molar-refractivity contribution is 0.296. The van der Waals surface area contributed by atoms with Crippen molar-refractivity contribution < 1.29 is 5.21 Å². The van der Waals surface area contributed by atoms with Crippen molar-refractivity contribution >= 4 is 5.96 Å². The third-order valence-corrected chi connectivity index (χ3v) is 2.64. The molecular formula is C11H15N3O. The first-order chi connectivity index (χ1) is 7.31. The molecule has 0 atom stereocenters. The molecule has 0 aromatic heterocycles. The number of likely N-dealkylation sites (N-methyl/N-ethyl adjacent to an activating group) is 1. The van der Waals surface area contributed by atoms with Crippen molar-refractivity contribution in [3.8, 4) is 0 Å². The zero-order valence-corrected chi connectivity index (χ0v) is 8.80. The van der Waals surface area contributed by atoms with E-state index in [0.29, 0.717) is 5.96 Å². The summed E-state index contributed by atoms with van der Waals surface area (Å²) < 4.78 is 0. The smallest absolute Gasteiger partial charge is 0.238 e. The standard InChI is InChI=1S/C11H15N3O/c1-13-7-8-14(11(13)12-15)9-10-5-3-2-4-6-10/h2-6,15H,7-9H2,1H3. The molecule has 2 rings (SSSR count). The van der Waals surface area contributed by atoms with Crippen LogP contribution in [0.4, 0.5) is 0 Å². The highest BCUT2D eigenvalue weighted by Crippen LogP contribution is 2.11. The Bertz CT molecular complexity index is 350. The molecule has 1 aliphatic rings. The molecule has 80 valence electrons. The Balaban J connectivity index is 2.07. The van der Waals surface area contributed by atoms with Gasteiger partial charge in [0, 0.05) is 26.7 Å². The van der Waals surface area contributed by atoms with Gasteiger partial charge < -0.3 is 15.0 Å². The zero-order chi connectivity index (χ0) is 10.7. The van der Waals surface area contributed by atoms with Gasteiger partial charge in [0.25, 0.3) is 0 Å². The number of guanidine groups is 1. The summed E-state index contributed by atoms with van der Waals surface area (Å²) in [4.78, 5) is 4.01. The summed E-state index contributed by atoms with van der Waals surface area (Å²) in [5.74, 6) is 0.652. The maximum Gasteiger partial charge on any atom is 0.238 e. The van der Waals surface area contributed by atoms with E-state index in [4.69, 9.17) is 5.21 Å². The van der Waals surface area contributed by atoms with Crippen LogP contribution in [0.15, 0.2) is 35.5 Å². The van der Waals surface area contributed by atoms with E-state index >= 15 is 0 Å². The van der Waals surface area contributed by atoms with Crippen LogP contribution >= 0.6 is 0 Å². The van der Waals surface area contributed by atoms with Gasteiger partial charge >= 0.3 is 0 Å². The first kappa shape index (κ1) is 9.83. The van der Waals surface area contributed by atoms with Gasteiger partial charge in [0.1, 0.15) is 0 Å². The molecule has 1 heterocycles. The normalized spacial score (nSPS) is 18.9. The van der Waals surface area contributed by atoms with Crippen LogP contribution in [-0.4, -0.2) is 41.1 Å². The second-order valence-corrected chi connectivity index (χ2v) is 3.73. The van der Waals surface area contributed by atoms with Gasteiger partial charge in [-0.1, -0.05) is 35.5 Å². The number of nitrogens with zero attached hydrogens (tertiary/aromatic N) is 3. The molecule has 0 radical (unpaired) electrons. The number of hydrogen-bond donors (Lipinski definition) is 1. The monoisotopic (exact) mass is 205 g/mol. The van der Waals surface area contributed by atoms with Gasteiger partial charge in [0.2, 0.25) is 5.96 Å². The van der Waals surface area contributed by atoms with Crippen molar-refractivity contribution in [2.45, 2.75) is 6.54 Å². The predicted octanol–water partition coefficient (Wildman–Crippen LogP) is 1.18. The van der Waals surface area contributed by atoms with Crippen LogP contribution in [0.5, 0.6) is 0 Å². The lowest BCUT2D eigenvalue weighted by Crippen LogP contribution is -2.30. The van der Waals surface area contributed by atoms with Gasteiger partial charge in [-0.2, -0.15) is 0 Å². The third kappa shape index (κ3) is 2.03. The number of hydrogen-bond acceptors (Lipinski definition) is 2. The van der Waals surface area contributed by atoms with E-state index < -0.39 is 0 Å². The molecule has 0 spiro atoms. The average Bonchev–Trinajstić information content (AvgIpc) is 2.61. The van der Waals surface area contributed by atoms with E-state index in [9.17, 15) is 0 Å². The maximum absolute atomic E-state index is 8.89. The van der Waals surface area contributed by atoms with Crippen molar-refractivity contribution in [3.05, 3.63) is 35.9 Å². The van der Waals surface area contributed by atoms with E-state index in [1.165, 1.54) is 5.56 Å². The molecule has 1 aromatic rings. The molecule has 1 fully saturated rings. The first-order valence-corrected chi connectivity index (χ1v) is 5.03. The zero-order valence-electron chi connectivity index (χ0n) is 8.80. The Kier molecular flexibility index (Phi) is 2.76. The molecule has 0 amide bonds. The Morgan fingerprint density at radius 1 is 1.27 bits per heavy atom. The summed E-state index contributed by atoms with van der Waals surface area (Å²) in [5.41, 5.74) is 1.23. The van der Waals surface area contributed by atoms with Gasteiger partial charge in [-0.05, 0) is 5.56 Å². The van der Waals surface area contributed by atoms with Crippen LogP contribution < -0.4 is 0 Å². The molecule has 0 bridgehead atoms. The molecular weight excluding hydrogens is 190 g/mol. The highest BCUT2D eigenvalue weighted by molar-refractivity contribution is 5.81. The van der Waals surface area contributed by atoms with Crippen LogP contribution in [0.3, 0.4) is 0 Å². The number of rotatable bonds is 2. The predicted molar refractivity (Wildman–Crippen MR) is 58.7 cm³/mol. The SMILES string of the molecule is CN1CCN(Cc2ccccc2)C1=NO. The highest BCUT2D eigenvalue weighted by Gasteiger charge is 2.23. The Labute approximate surface area is 89.4 Å². The maximum atomic E-state index is 8.89. The lowest BCUT2D eigenvalue weighted by atomic mass is 10.2. The van der Waals surface area contributed by atoms with Crippen molar-refractivity contribution in [1.29, 1.82) is 0 Å². The van der Waals surface area contributed by atoms with E-state index in [2.05, 4.69) is 22.2 Å². The number of benzene rings is 1. The van der Waals surface area contributed by atoms with Crippen LogP contribution in [0, 0.1) is 0 Å². The van der Waals surface area contributed by atoms with E-state index in [1.807, 2.05) is 30.1 Å². The van der Waals surface area contributed by atoms with E-state index in [1.54, 1.807) is 0 Å². The van der Waals surface area contributed by atoms with Crippen molar-refractivity contribution in [3.63, 3.8) is 0 Å². The van der Waals surface area contributed by atoms with Gasteiger partial charge in [-0.25, -0.2) is 0 Å². The van der Waals surface area contributed by atoms with Crippen LogP contribution in [0.25, 0.3) is 0 Å². The summed E-state index contributed by atoms with van der Waals surface area (Å²) in [6, 6.07) is 10.2. The Morgan fingerprint density at radius 3 is 2.67 bits per heavy atom. The van der Waals surface area contributed by atoms with Crippen LogP contribution in [0.2, 0.25) is 0 Å². The summed E-state index contributed by atoms with van der Waals surface area (Å²) in [6.45, 7) is 2.61. The second-order valence-electron chi connectivity index (χ2n) is 3.73. The van der Waals surface area contributed by atoms with E-state index in [0.717, 1.165) is 19.6 Å². The Hall–Kier alpha value is -1.71. The topological polar surface area (TPSA) is 39.1 Å². The Morgan fingerprint density at radius 2 is 2.00 bits per heavy atom. The van der Waals surface area contributed by atoms with Crippen molar-refractivity contribution in [1.82, 2.24) is 9.80 Å². The summed E-state index contributed by atoms with van der Waals surface area (Å²) in [5, 5.41) is 12.2. The highest BCUT2D eigenvalue weighted by atomic mass is 16.4. The van der Waals surface area contributed by atoms with E-state index in [-0.39, 0.29) is 0 Å². The summed E-state index contributed by atoms with van der Waals surface area (Å²) >= 11 is 0. The molecule has 1 saturated heterocycles. The quantitative estimate of drug-likeness (QED) is 0.582. The fraction of sp³-hybridized carbons (Fsp3) is 0.364. The third-order valence-electron chi connectivity index (χ3n) is 2.64. The average molecular weight is 205 g/mol. The van der Waals surface area contributed by atoms with Gasteiger partial charge in [-0.15, -0.1) is 0 Å². The van der Waals surface area contributed by atoms with Gasteiger partial charge in [0.05, 0.1) is 0 Å². The van der Waals surface area contributed by atoms with Crippen LogP contribution in [-0.2, 0) is 6.54 Å². The largest absolute Gasteiger partial charge is 0.408 e. The van der Waals surface area contributed by atoms with Crippen LogP contribution in [0.1, 0.15) is 5.56 Å². The molecule has 0 aliphatic carbocycles. The fourth-order valence-corrected chi connectivity index (χ4v) is 1.81. The number of oxime groups is 1. The minimum absolute atomic E-state index is 0.652. The van der Waals surface area contributed by atoms with Gasteiger partial charge in [0.15, 0.2) is 0 Å². The molecule has 0 unspecified atom stereocenters. The van der Waals surface area contributed by atoms with Crippen molar-refractivity contribution in [2.75, 3.05) is 20.1 Å². The summed E-state index contributed by atoms with van der Waals surface area (Å²) in [7, 11) is 1.93. The van der Waals surface area contributed by atoms with Crippen molar-refractivity contribution in [2.24, 2.45) is 5.16 Å². The molecule has 0 saturated carbocycles. The lowest BCUT2D eigenvalue weighted by Gasteiger charge is -2.18. The van der Waals surface area contributed by atoms with Gasteiger partial charge in [-0.3, -0.25) is 0 Å². The molecule has 15 heavy (non-hydrogen) atoms. The molecule has 1 aromatic carbocycles. The molecule has 1 aliphatic heterocycles. The molecule has 4 heteroatoms. The minimum atomic E-state index is 0.652. The first-order valence-electron chi connectivity index (χ1n) is 5.03. The fourth-order valence-electron chi connectivity index (χ4n) is 1.81. The second kappa shape index (κ2) is 4.21. The molecule has 4 nitrogen and oxygen atoms in total.